The first-order valence-corrected chi connectivity index (χ1v) is 7.75. The Morgan fingerprint density at radius 3 is 2.43 bits per heavy atom. The molecule has 3 aromatic rings. The second kappa shape index (κ2) is 7.01. The molecule has 0 aliphatic heterocycles. The third kappa shape index (κ3) is 4.36. The minimum absolute atomic E-state index is 0.297. The summed E-state index contributed by atoms with van der Waals surface area (Å²) in [6, 6.07) is 14.7. The fourth-order valence-electron chi connectivity index (χ4n) is 2.56. The highest BCUT2D eigenvalue weighted by Crippen LogP contribution is 2.14. The van der Waals surface area contributed by atoms with Crippen LogP contribution in [0.4, 0.5) is 0 Å². The average molecular weight is 308 g/mol. The maximum absolute atomic E-state index is 9.47. The predicted octanol–water partition coefficient (Wildman–Crippen LogP) is 3.32. The van der Waals surface area contributed by atoms with E-state index < -0.39 is 0 Å². The van der Waals surface area contributed by atoms with Gasteiger partial charge in [-0.3, -0.25) is 0 Å². The zero-order valence-corrected chi connectivity index (χ0v) is 12.9. The zero-order valence-electron chi connectivity index (χ0n) is 12.9. The van der Waals surface area contributed by atoms with Crippen LogP contribution in [0.2, 0.25) is 0 Å². The molecule has 4 heteroatoms. The van der Waals surface area contributed by atoms with E-state index in [2.05, 4.69) is 15.7 Å². The van der Waals surface area contributed by atoms with E-state index in [-0.39, 0.29) is 0 Å². The Hall–Kier alpha value is -2.75. The number of aromatic nitrogens is 2. The van der Waals surface area contributed by atoms with Crippen molar-refractivity contribution in [3.05, 3.63) is 77.9 Å². The molecule has 23 heavy (non-hydrogen) atoms. The van der Waals surface area contributed by atoms with E-state index in [9.17, 15) is 10.2 Å². The number of benzene rings is 2. The number of nitrogens with zero attached hydrogens (tertiary/aromatic N) is 2. The monoisotopic (exact) mass is 308 g/mol. The number of rotatable bonds is 6. The van der Waals surface area contributed by atoms with Crippen LogP contribution in [0.5, 0.6) is 11.5 Å². The molecule has 1 heterocycles. The van der Waals surface area contributed by atoms with Crippen LogP contribution in [0.25, 0.3) is 0 Å². The second-order valence-electron chi connectivity index (χ2n) is 5.69. The first-order valence-electron chi connectivity index (χ1n) is 7.75. The average Bonchev–Trinajstić information content (AvgIpc) is 3.00. The zero-order chi connectivity index (χ0) is 16.1. The van der Waals surface area contributed by atoms with Crippen LogP contribution >= 0.6 is 0 Å². The first-order chi connectivity index (χ1) is 11.2. The maximum Gasteiger partial charge on any atom is 0.115 e. The number of hydrogen-bond donors (Lipinski definition) is 2. The fraction of sp³-hybridized carbons (Fsp3) is 0.211. The van der Waals surface area contributed by atoms with Gasteiger partial charge in [0.2, 0.25) is 0 Å². The van der Waals surface area contributed by atoms with E-state index >= 15 is 0 Å². The highest BCUT2D eigenvalue weighted by atomic mass is 16.3. The predicted molar refractivity (Wildman–Crippen MR) is 89.6 cm³/mol. The summed E-state index contributed by atoms with van der Waals surface area (Å²) < 4.78 is 2.09. The van der Waals surface area contributed by atoms with Crippen LogP contribution in [0.3, 0.4) is 0 Å². The van der Waals surface area contributed by atoms with E-state index in [1.807, 2.05) is 30.6 Å². The SMILES string of the molecule is Oc1ccc(CCn2cnc(CCc3cccc(O)c3)c2)cc1. The molecule has 0 amide bonds. The van der Waals surface area contributed by atoms with Crippen LogP contribution in [0, 0.1) is 0 Å². The van der Waals surface area contributed by atoms with Gasteiger partial charge >= 0.3 is 0 Å². The summed E-state index contributed by atoms with van der Waals surface area (Å²) >= 11 is 0. The van der Waals surface area contributed by atoms with Crippen molar-refractivity contribution in [1.82, 2.24) is 9.55 Å². The van der Waals surface area contributed by atoms with Crippen molar-refractivity contribution in [3.63, 3.8) is 0 Å². The lowest BCUT2D eigenvalue weighted by atomic mass is 10.1. The Bertz CT molecular complexity index is 763. The standard InChI is InChI=1S/C19H20N2O2/c22-18-8-5-15(6-9-18)10-11-21-13-17(20-14-21)7-4-16-2-1-3-19(23)12-16/h1-3,5-6,8-9,12-14,22-23H,4,7,10-11H2. The molecule has 0 fully saturated rings. The molecule has 4 nitrogen and oxygen atoms in total. The van der Waals surface area contributed by atoms with E-state index in [4.69, 9.17) is 0 Å². The molecule has 0 unspecified atom stereocenters. The largest absolute Gasteiger partial charge is 0.508 e. The lowest BCUT2D eigenvalue weighted by molar-refractivity contribution is 0.474. The molecule has 2 aromatic carbocycles. The van der Waals surface area contributed by atoms with Crippen molar-refractivity contribution in [2.24, 2.45) is 0 Å². The minimum atomic E-state index is 0.297. The first kappa shape index (κ1) is 15.2. The molecule has 0 bridgehead atoms. The summed E-state index contributed by atoms with van der Waals surface area (Å²) in [6.07, 6.45) is 6.56. The van der Waals surface area contributed by atoms with Crippen molar-refractivity contribution >= 4 is 0 Å². The normalized spacial score (nSPS) is 10.8. The second-order valence-corrected chi connectivity index (χ2v) is 5.69. The molecule has 0 atom stereocenters. The summed E-state index contributed by atoms with van der Waals surface area (Å²) in [6.45, 7) is 0.865. The van der Waals surface area contributed by atoms with Gasteiger partial charge in [0.25, 0.3) is 0 Å². The van der Waals surface area contributed by atoms with Crippen molar-refractivity contribution < 1.29 is 10.2 Å². The van der Waals surface area contributed by atoms with Gasteiger partial charge in [0, 0.05) is 12.7 Å². The van der Waals surface area contributed by atoms with Gasteiger partial charge in [0.1, 0.15) is 11.5 Å². The summed E-state index contributed by atoms with van der Waals surface area (Å²) in [5, 5.41) is 18.8. The summed E-state index contributed by atoms with van der Waals surface area (Å²) in [5.74, 6) is 0.604. The van der Waals surface area contributed by atoms with Crippen molar-refractivity contribution in [2.45, 2.75) is 25.8 Å². The molecule has 0 aliphatic carbocycles. The molecule has 0 spiro atoms. The Kier molecular flexibility index (Phi) is 4.62. The van der Waals surface area contributed by atoms with Gasteiger partial charge in [-0.1, -0.05) is 24.3 Å². The molecule has 0 saturated carbocycles. The quantitative estimate of drug-likeness (QED) is 0.734. The van der Waals surface area contributed by atoms with Crippen molar-refractivity contribution in [1.29, 1.82) is 0 Å². The van der Waals surface area contributed by atoms with Crippen LogP contribution in [0.15, 0.2) is 61.1 Å². The molecule has 118 valence electrons. The lowest BCUT2D eigenvalue weighted by Crippen LogP contribution is -1.98. The molecule has 3 rings (SSSR count). The number of aromatic hydroxyl groups is 2. The topological polar surface area (TPSA) is 58.3 Å². The molecule has 0 saturated heterocycles. The van der Waals surface area contributed by atoms with Crippen LogP contribution < -0.4 is 0 Å². The summed E-state index contributed by atoms with van der Waals surface area (Å²) in [5.41, 5.74) is 3.36. The molecule has 0 radical (unpaired) electrons. The van der Waals surface area contributed by atoms with Gasteiger partial charge in [0.05, 0.1) is 12.0 Å². The number of phenolic OH excluding ortho intramolecular Hbond substituents is 2. The van der Waals surface area contributed by atoms with Crippen LogP contribution in [-0.4, -0.2) is 19.8 Å². The molecule has 1 aromatic heterocycles. The van der Waals surface area contributed by atoms with Crippen LogP contribution in [0.1, 0.15) is 16.8 Å². The Morgan fingerprint density at radius 1 is 0.826 bits per heavy atom. The molecular weight excluding hydrogens is 288 g/mol. The van der Waals surface area contributed by atoms with E-state index in [0.29, 0.717) is 11.5 Å². The van der Waals surface area contributed by atoms with E-state index in [0.717, 1.165) is 37.1 Å². The van der Waals surface area contributed by atoms with Gasteiger partial charge in [-0.25, -0.2) is 4.98 Å². The minimum Gasteiger partial charge on any atom is -0.508 e. The summed E-state index contributed by atoms with van der Waals surface area (Å²) in [4.78, 5) is 4.44. The van der Waals surface area contributed by atoms with E-state index in [1.165, 1.54) is 5.56 Å². The Morgan fingerprint density at radius 2 is 1.65 bits per heavy atom. The van der Waals surface area contributed by atoms with Gasteiger partial charge in [-0.05, 0) is 54.7 Å². The van der Waals surface area contributed by atoms with E-state index in [1.54, 1.807) is 24.3 Å². The van der Waals surface area contributed by atoms with Crippen molar-refractivity contribution in [2.75, 3.05) is 0 Å². The van der Waals surface area contributed by atoms with Gasteiger partial charge in [-0.2, -0.15) is 0 Å². The Balaban J connectivity index is 1.52. The lowest BCUT2D eigenvalue weighted by Gasteiger charge is -2.03. The van der Waals surface area contributed by atoms with Gasteiger partial charge < -0.3 is 14.8 Å². The highest BCUT2D eigenvalue weighted by Gasteiger charge is 2.02. The fourth-order valence-corrected chi connectivity index (χ4v) is 2.56. The smallest absolute Gasteiger partial charge is 0.115 e. The van der Waals surface area contributed by atoms with Gasteiger partial charge in [0.15, 0.2) is 0 Å². The third-order valence-corrected chi connectivity index (χ3v) is 3.86. The number of aryl methyl sites for hydroxylation is 4. The van der Waals surface area contributed by atoms with Gasteiger partial charge in [-0.15, -0.1) is 0 Å². The number of imidazole rings is 1. The summed E-state index contributed by atoms with van der Waals surface area (Å²) in [7, 11) is 0. The van der Waals surface area contributed by atoms with Crippen molar-refractivity contribution in [3.8, 4) is 11.5 Å². The third-order valence-electron chi connectivity index (χ3n) is 3.86. The van der Waals surface area contributed by atoms with Crippen LogP contribution in [-0.2, 0) is 25.8 Å². The number of phenols is 2. The highest BCUT2D eigenvalue weighted by molar-refractivity contribution is 5.28. The molecular formula is C19H20N2O2. The Labute approximate surface area is 135 Å². The molecule has 0 aliphatic rings. The maximum atomic E-state index is 9.47. The molecule has 2 N–H and O–H groups in total. The number of hydrogen-bond acceptors (Lipinski definition) is 3.